The quantitative estimate of drug-likeness (QED) is 0.796. The molecule has 88 valence electrons. The number of ether oxygens (including phenoxy) is 2. The van der Waals surface area contributed by atoms with E-state index in [2.05, 4.69) is 11.4 Å². The zero-order valence-electron chi connectivity index (χ0n) is 9.75. The molecule has 4 nitrogen and oxygen atoms in total. The van der Waals surface area contributed by atoms with Gasteiger partial charge in [0.25, 0.3) is 0 Å². The summed E-state index contributed by atoms with van der Waals surface area (Å²) >= 11 is 0. The van der Waals surface area contributed by atoms with E-state index in [0.29, 0.717) is 12.5 Å². The van der Waals surface area contributed by atoms with Crippen LogP contribution in [0.3, 0.4) is 0 Å². The van der Waals surface area contributed by atoms with E-state index in [1.165, 1.54) is 11.1 Å². The minimum atomic E-state index is 0.300. The van der Waals surface area contributed by atoms with Crippen LogP contribution in [-0.2, 0) is 6.54 Å². The van der Waals surface area contributed by atoms with Gasteiger partial charge in [0.05, 0.1) is 14.2 Å². The number of hydrogen-bond acceptors (Lipinski definition) is 4. The minimum absolute atomic E-state index is 0.300. The van der Waals surface area contributed by atoms with Crippen molar-refractivity contribution in [1.82, 2.24) is 5.32 Å². The molecule has 0 radical (unpaired) electrons. The first-order chi connectivity index (χ1) is 7.81. The van der Waals surface area contributed by atoms with Crippen LogP contribution in [-0.4, -0.2) is 27.3 Å². The van der Waals surface area contributed by atoms with Gasteiger partial charge in [0.1, 0.15) is 0 Å². The smallest absolute Gasteiger partial charge is 0.164 e. The minimum Gasteiger partial charge on any atom is -0.493 e. The summed E-state index contributed by atoms with van der Waals surface area (Å²) in [6.07, 6.45) is 0. The summed E-state index contributed by atoms with van der Waals surface area (Å²) in [5, 5.41) is 3.35. The third-order valence-corrected chi connectivity index (χ3v) is 3.07. The Morgan fingerprint density at radius 1 is 1.38 bits per heavy atom. The second-order valence-corrected chi connectivity index (χ2v) is 3.94. The van der Waals surface area contributed by atoms with E-state index in [1.807, 2.05) is 6.07 Å². The molecule has 3 N–H and O–H groups in total. The predicted molar refractivity (Wildman–Crippen MR) is 63.0 cm³/mol. The molecular weight excluding hydrogens is 204 g/mol. The molecule has 2 rings (SSSR count). The van der Waals surface area contributed by atoms with Gasteiger partial charge in [0.2, 0.25) is 0 Å². The van der Waals surface area contributed by atoms with Crippen molar-refractivity contribution in [3.8, 4) is 11.5 Å². The number of nitrogens with one attached hydrogen (secondary N) is 1. The third kappa shape index (κ3) is 1.74. The summed E-state index contributed by atoms with van der Waals surface area (Å²) in [5.41, 5.74) is 8.24. The molecule has 1 aromatic carbocycles. The van der Waals surface area contributed by atoms with Gasteiger partial charge in [-0.15, -0.1) is 0 Å². The van der Waals surface area contributed by atoms with Gasteiger partial charge < -0.3 is 20.5 Å². The molecule has 1 aromatic rings. The fourth-order valence-electron chi connectivity index (χ4n) is 2.28. The highest BCUT2D eigenvalue weighted by molar-refractivity contribution is 5.53. The lowest BCUT2D eigenvalue weighted by Crippen LogP contribution is -2.32. The van der Waals surface area contributed by atoms with Crippen molar-refractivity contribution >= 4 is 0 Å². The second kappa shape index (κ2) is 4.72. The number of methoxy groups -OCH3 is 2. The Bertz CT molecular complexity index is 380. The van der Waals surface area contributed by atoms with E-state index in [-0.39, 0.29) is 0 Å². The van der Waals surface area contributed by atoms with Crippen molar-refractivity contribution in [3.05, 3.63) is 23.3 Å². The molecule has 0 aromatic heterocycles. The van der Waals surface area contributed by atoms with Gasteiger partial charge in [0, 0.05) is 31.1 Å². The molecule has 0 saturated heterocycles. The molecule has 4 heteroatoms. The molecule has 16 heavy (non-hydrogen) atoms. The standard InChI is InChI=1S/C12H18N2O2/c1-15-10-4-3-8-6-14-7-9(5-13)11(8)12(10)16-2/h3-4,9,14H,5-7,13H2,1-2H3. The molecule has 1 atom stereocenters. The number of fused-ring (bicyclic) bond motifs is 1. The summed E-state index contributed by atoms with van der Waals surface area (Å²) in [5.74, 6) is 1.91. The Balaban J connectivity index is 2.54. The van der Waals surface area contributed by atoms with E-state index >= 15 is 0 Å². The van der Waals surface area contributed by atoms with Crippen LogP contribution in [0, 0.1) is 0 Å². The monoisotopic (exact) mass is 222 g/mol. The summed E-state index contributed by atoms with van der Waals surface area (Å²) in [6.45, 7) is 2.38. The summed E-state index contributed by atoms with van der Waals surface area (Å²) in [4.78, 5) is 0. The van der Waals surface area contributed by atoms with Crippen LogP contribution in [0.15, 0.2) is 12.1 Å². The SMILES string of the molecule is COc1ccc2c(c1OC)C(CN)CNC2. The average Bonchev–Trinajstić information content (AvgIpc) is 2.36. The molecular formula is C12H18N2O2. The van der Waals surface area contributed by atoms with Crippen LogP contribution >= 0.6 is 0 Å². The van der Waals surface area contributed by atoms with Gasteiger partial charge in [-0.05, 0) is 11.6 Å². The van der Waals surface area contributed by atoms with Gasteiger partial charge >= 0.3 is 0 Å². The zero-order chi connectivity index (χ0) is 11.5. The molecule has 0 amide bonds. The highest BCUT2D eigenvalue weighted by Gasteiger charge is 2.25. The lowest BCUT2D eigenvalue weighted by molar-refractivity contribution is 0.345. The molecule has 1 heterocycles. The van der Waals surface area contributed by atoms with Crippen LogP contribution in [0.1, 0.15) is 17.0 Å². The van der Waals surface area contributed by atoms with Gasteiger partial charge in [0.15, 0.2) is 11.5 Å². The molecule has 0 aliphatic carbocycles. The van der Waals surface area contributed by atoms with Crippen LogP contribution < -0.4 is 20.5 Å². The number of nitrogens with two attached hydrogens (primary N) is 1. The number of benzene rings is 1. The molecule has 1 unspecified atom stereocenters. The maximum Gasteiger partial charge on any atom is 0.164 e. The highest BCUT2D eigenvalue weighted by atomic mass is 16.5. The maximum atomic E-state index is 5.80. The Hall–Kier alpha value is -1.26. The fraction of sp³-hybridized carbons (Fsp3) is 0.500. The molecule has 0 fully saturated rings. The lowest BCUT2D eigenvalue weighted by atomic mass is 9.89. The van der Waals surface area contributed by atoms with Gasteiger partial charge in [-0.25, -0.2) is 0 Å². The molecule has 0 spiro atoms. The summed E-state index contributed by atoms with van der Waals surface area (Å²) < 4.78 is 10.8. The van der Waals surface area contributed by atoms with E-state index < -0.39 is 0 Å². The largest absolute Gasteiger partial charge is 0.493 e. The molecule has 1 aliphatic rings. The molecule has 1 aliphatic heterocycles. The van der Waals surface area contributed by atoms with Gasteiger partial charge in [-0.3, -0.25) is 0 Å². The van der Waals surface area contributed by atoms with Gasteiger partial charge in [-0.1, -0.05) is 6.07 Å². The normalized spacial score (nSPS) is 19.1. The zero-order valence-corrected chi connectivity index (χ0v) is 9.75. The number of rotatable bonds is 3. The topological polar surface area (TPSA) is 56.5 Å². The summed E-state index contributed by atoms with van der Waals surface area (Å²) in [6, 6.07) is 4.02. The van der Waals surface area contributed by atoms with Crippen LogP contribution in [0.4, 0.5) is 0 Å². The van der Waals surface area contributed by atoms with E-state index in [0.717, 1.165) is 24.6 Å². The first-order valence-corrected chi connectivity index (χ1v) is 5.46. The molecule has 0 bridgehead atoms. The van der Waals surface area contributed by atoms with E-state index in [1.54, 1.807) is 14.2 Å². The van der Waals surface area contributed by atoms with Crippen molar-refractivity contribution in [2.45, 2.75) is 12.5 Å². The van der Waals surface area contributed by atoms with Crippen molar-refractivity contribution in [2.75, 3.05) is 27.3 Å². The third-order valence-electron chi connectivity index (χ3n) is 3.07. The Kier molecular flexibility index (Phi) is 3.31. The lowest BCUT2D eigenvalue weighted by Gasteiger charge is -2.28. The van der Waals surface area contributed by atoms with Crippen LogP contribution in [0.25, 0.3) is 0 Å². The first-order valence-electron chi connectivity index (χ1n) is 5.46. The van der Waals surface area contributed by atoms with Crippen molar-refractivity contribution in [1.29, 1.82) is 0 Å². The average molecular weight is 222 g/mol. The number of hydrogen-bond donors (Lipinski definition) is 2. The first kappa shape index (κ1) is 11.2. The van der Waals surface area contributed by atoms with Crippen molar-refractivity contribution in [3.63, 3.8) is 0 Å². The molecule has 0 saturated carbocycles. The fourth-order valence-corrected chi connectivity index (χ4v) is 2.28. The Morgan fingerprint density at radius 2 is 2.19 bits per heavy atom. The second-order valence-electron chi connectivity index (χ2n) is 3.94. The van der Waals surface area contributed by atoms with E-state index in [4.69, 9.17) is 15.2 Å². The van der Waals surface area contributed by atoms with Crippen LogP contribution in [0.2, 0.25) is 0 Å². The Morgan fingerprint density at radius 3 is 2.81 bits per heavy atom. The predicted octanol–water partition coefficient (Wildman–Crippen LogP) is 0.849. The van der Waals surface area contributed by atoms with E-state index in [9.17, 15) is 0 Å². The highest BCUT2D eigenvalue weighted by Crippen LogP contribution is 2.39. The van der Waals surface area contributed by atoms with Crippen LogP contribution in [0.5, 0.6) is 11.5 Å². The summed E-state index contributed by atoms with van der Waals surface area (Å²) in [7, 11) is 3.33. The van der Waals surface area contributed by atoms with Crippen molar-refractivity contribution in [2.24, 2.45) is 5.73 Å². The van der Waals surface area contributed by atoms with Crippen molar-refractivity contribution < 1.29 is 9.47 Å². The maximum absolute atomic E-state index is 5.80. The van der Waals surface area contributed by atoms with Gasteiger partial charge in [-0.2, -0.15) is 0 Å². The Labute approximate surface area is 95.7 Å².